The van der Waals surface area contributed by atoms with Crippen molar-refractivity contribution in [3.05, 3.63) is 47.8 Å². The van der Waals surface area contributed by atoms with Crippen LogP contribution in [0.5, 0.6) is 11.5 Å². The minimum absolute atomic E-state index is 0.319. The van der Waals surface area contributed by atoms with E-state index in [0.29, 0.717) is 42.1 Å². The van der Waals surface area contributed by atoms with Crippen LogP contribution in [0.4, 0.5) is 4.39 Å². The smallest absolute Gasteiger partial charge is 0.161 e. The van der Waals surface area contributed by atoms with Gasteiger partial charge in [0.05, 0.1) is 13.2 Å². The average molecular weight is 272 g/mol. The van der Waals surface area contributed by atoms with Crippen LogP contribution in [0.3, 0.4) is 0 Å². The molecule has 1 aliphatic heterocycles. The molecular formula is C16H13FO3. The molecule has 2 aromatic rings. The standard InChI is InChI=1S/C16H13FO3/c17-13-3-4-14(12(8-13)10-18)11-2-5-15-16(9-11)20-7-1-6-19-15/h2-5,8-10H,1,6-7H2. The molecule has 0 N–H and O–H groups in total. The molecule has 0 saturated heterocycles. The summed E-state index contributed by atoms with van der Waals surface area (Å²) in [6.45, 7) is 1.23. The zero-order valence-corrected chi connectivity index (χ0v) is 10.8. The number of carbonyl (C=O) groups excluding carboxylic acids is 1. The number of benzene rings is 2. The number of fused-ring (bicyclic) bond motifs is 1. The van der Waals surface area contributed by atoms with Gasteiger partial charge in [-0.2, -0.15) is 0 Å². The lowest BCUT2D eigenvalue weighted by Crippen LogP contribution is -1.97. The Hall–Kier alpha value is -2.36. The predicted molar refractivity (Wildman–Crippen MR) is 72.8 cm³/mol. The molecule has 3 rings (SSSR count). The molecule has 0 radical (unpaired) electrons. The Morgan fingerprint density at radius 1 is 1.00 bits per heavy atom. The molecule has 0 spiro atoms. The van der Waals surface area contributed by atoms with Gasteiger partial charge in [-0.3, -0.25) is 4.79 Å². The second-order valence-electron chi connectivity index (χ2n) is 4.56. The van der Waals surface area contributed by atoms with Crippen molar-refractivity contribution < 1.29 is 18.7 Å². The molecule has 102 valence electrons. The highest BCUT2D eigenvalue weighted by Crippen LogP contribution is 2.35. The van der Waals surface area contributed by atoms with Crippen molar-refractivity contribution in [3.8, 4) is 22.6 Å². The van der Waals surface area contributed by atoms with Gasteiger partial charge < -0.3 is 9.47 Å². The molecule has 0 aromatic heterocycles. The van der Waals surface area contributed by atoms with Crippen LogP contribution in [-0.4, -0.2) is 19.5 Å². The normalized spacial score (nSPS) is 13.7. The van der Waals surface area contributed by atoms with Gasteiger partial charge in [0.2, 0.25) is 0 Å². The Balaban J connectivity index is 2.07. The van der Waals surface area contributed by atoms with Crippen LogP contribution in [0.1, 0.15) is 16.8 Å². The van der Waals surface area contributed by atoms with Gasteiger partial charge in [0, 0.05) is 12.0 Å². The fraction of sp³-hybridized carbons (Fsp3) is 0.188. The first-order valence-electron chi connectivity index (χ1n) is 6.43. The first kappa shape index (κ1) is 12.7. The van der Waals surface area contributed by atoms with Gasteiger partial charge in [0.15, 0.2) is 17.8 Å². The topological polar surface area (TPSA) is 35.5 Å². The Morgan fingerprint density at radius 2 is 1.80 bits per heavy atom. The third kappa shape index (κ3) is 2.37. The van der Waals surface area contributed by atoms with E-state index in [1.807, 2.05) is 18.2 Å². The van der Waals surface area contributed by atoms with E-state index in [1.165, 1.54) is 12.1 Å². The molecule has 1 heterocycles. The van der Waals surface area contributed by atoms with Gasteiger partial charge in [0.1, 0.15) is 5.82 Å². The first-order valence-corrected chi connectivity index (χ1v) is 6.43. The van der Waals surface area contributed by atoms with E-state index in [0.717, 1.165) is 12.0 Å². The van der Waals surface area contributed by atoms with Crippen molar-refractivity contribution in [2.45, 2.75) is 6.42 Å². The van der Waals surface area contributed by atoms with Gasteiger partial charge >= 0.3 is 0 Å². The zero-order chi connectivity index (χ0) is 13.9. The summed E-state index contributed by atoms with van der Waals surface area (Å²) in [5.41, 5.74) is 1.80. The minimum Gasteiger partial charge on any atom is -0.490 e. The second-order valence-corrected chi connectivity index (χ2v) is 4.56. The van der Waals surface area contributed by atoms with Crippen LogP contribution in [0.15, 0.2) is 36.4 Å². The summed E-state index contributed by atoms with van der Waals surface area (Å²) in [7, 11) is 0. The van der Waals surface area contributed by atoms with E-state index in [1.54, 1.807) is 6.07 Å². The van der Waals surface area contributed by atoms with Crippen molar-refractivity contribution >= 4 is 6.29 Å². The molecule has 0 amide bonds. The number of hydrogen-bond donors (Lipinski definition) is 0. The summed E-state index contributed by atoms with van der Waals surface area (Å²) in [5.74, 6) is 0.924. The highest BCUT2D eigenvalue weighted by Gasteiger charge is 2.13. The van der Waals surface area contributed by atoms with E-state index in [-0.39, 0.29) is 0 Å². The molecule has 0 unspecified atom stereocenters. The maximum absolute atomic E-state index is 13.2. The molecule has 0 atom stereocenters. The third-order valence-corrected chi connectivity index (χ3v) is 3.20. The Labute approximate surface area is 115 Å². The molecule has 0 bridgehead atoms. The summed E-state index contributed by atoms with van der Waals surface area (Å²) < 4.78 is 24.4. The fourth-order valence-corrected chi connectivity index (χ4v) is 2.22. The van der Waals surface area contributed by atoms with E-state index < -0.39 is 5.82 Å². The highest BCUT2D eigenvalue weighted by molar-refractivity contribution is 5.88. The van der Waals surface area contributed by atoms with Gasteiger partial charge in [-0.05, 0) is 35.4 Å². The van der Waals surface area contributed by atoms with E-state index in [2.05, 4.69) is 0 Å². The van der Waals surface area contributed by atoms with Crippen molar-refractivity contribution in [2.24, 2.45) is 0 Å². The number of carbonyl (C=O) groups is 1. The molecule has 1 aliphatic rings. The van der Waals surface area contributed by atoms with Gasteiger partial charge in [-0.25, -0.2) is 4.39 Å². The molecule has 20 heavy (non-hydrogen) atoms. The summed E-state index contributed by atoms with van der Waals surface area (Å²) in [4.78, 5) is 11.1. The lowest BCUT2D eigenvalue weighted by atomic mass is 10.00. The van der Waals surface area contributed by atoms with E-state index in [4.69, 9.17) is 9.47 Å². The second kappa shape index (κ2) is 5.33. The number of ether oxygens (including phenoxy) is 2. The fourth-order valence-electron chi connectivity index (χ4n) is 2.22. The summed E-state index contributed by atoms with van der Waals surface area (Å²) >= 11 is 0. The van der Waals surface area contributed by atoms with Gasteiger partial charge in [-0.1, -0.05) is 12.1 Å². The number of hydrogen-bond acceptors (Lipinski definition) is 3. The van der Waals surface area contributed by atoms with Gasteiger partial charge in [0.25, 0.3) is 0 Å². The predicted octanol–water partition coefficient (Wildman–Crippen LogP) is 3.47. The molecule has 2 aromatic carbocycles. The molecule has 0 fully saturated rings. The molecule has 0 saturated carbocycles. The van der Waals surface area contributed by atoms with Crippen molar-refractivity contribution in [1.29, 1.82) is 0 Å². The Bertz CT molecular complexity index is 652. The van der Waals surface area contributed by atoms with Crippen LogP contribution < -0.4 is 9.47 Å². The van der Waals surface area contributed by atoms with Crippen LogP contribution >= 0.6 is 0 Å². The molecule has 3 nitrogen and oxygen atoms in total. The summed E-state index contributed by atoms with van der Waals surface area (Å²) in [5, 5.41) is 0. The van der Waals surface area contributed by atoms with E-state index >= 15 is 0 Å². The maximum Gasteiger partial charge on any atom is 0.161 e. The van der Waals surface area contributed by atoms with Crippen LogP contribution in [0.25, 0.3) is 11.1 Å². The monoisotopic (exact) mass is 272 g/mol. The molecular weight excluding hydrogens is 259 g/mol. The Morgan fingerprint density at radius 3 is 2.60 bits per heavy atom. The first-order chi connectivity index (χ1) is 9.78. The van der Waals surface area contributed by atoms with Crippen molar-refractivity contribution in [1.82, 2.24) is 0 Å². The average Bonchev–Trinajstić information content (AvgIpc) is 2.71. The lowest BCUT2D eigenvalue weighted by Gasteiger charge is -2.10. The van der Waals surface area contributed by atoms with Crippen molar-refractivity contribution in [3.63, 3.8) is 0 Å². The zero-order valence-electron chi connectivity index (χ0n) is 10.8. The van der Waals surface area contributed by atoms with Crippen LogP contribution in [-0.2, 0) is 0 Å². The summed E-state index contributed by atoms with van der Waals surface area (Å²) in [6, 6.07) is 9.64. The third-order valence-electron chi connectivity index (χ3n) is 3.20. The lowest BCUT2D eigenvalue weighted by molar-refractivity contribution is 0.112. The quantitative estimate of drug-likeness (QED) is 0.785. The SMILES string of the molecule is O=Cc1cc(F)ccc1-c1ccc2c(c1)OCCCO2. The minimum atomic E-state index is -0.426. The Kier molecular flexibility index (Phi) is 3.37. The number of halogens is 1. The molecule has 0 aliphatic carbocycles. The largest absolute Gasteiger partial charge is 0.490 e. The molecule has 4 heteroatoms. The van der Waals surface area contributed by atoms with Gasteiger partial charge in [-0.15, -0.1) is 0 Å². The van der Waals surface area contributed by atoms with Crippen molar-refractivity contribution in [2.75, 3.05) is 13.2 Å². The summed E-state index contributed by atoms with van der Waals surface area (Å²) in [6.07, 6.45) is 1.49. The van der Waals surface area contributed by atoms with Crippen LogP contribution in [0.2, 0.25) is 0 Å². The number of rotatable bonds is 2. The number of aldehydes is 1. The van der Waals surface area contributed by atoms with Crippen LogP contribution in [0, 0.1) is 5.82 Å². The highest BCUT2D eigenvalue weighted by atomic mass is 19.1. The van der Waals surface area contributed by atoms with E-state index in [9.17, 15) is 9.18 Å². The maximum atomic E-state index is 13.2.